The van der Waals surface area contributed by atoms with Crippen molar-refractivity contribution in [3.8, 4) is 0 Å². The largest absolute Gasteiger partial charge is 0.459 e. The van der Waals surface area contributed by atoms with Gasteiger partial charge in [-0.05, 0) is 26.0 Å². The summed E-state index contributed by atoms with van der Waals surface area (Å²) in [6.07, 6.45) is -6.44. The Balaban J connectivity index is 2.09. The van der Waals surface area contributed by atoms with E-state index < -0.39 is 53.7 Å². The zero-order chi connectivity index (χ0) is 24.8. The third kappa shape index (κ3) is 6.00. The average Bonchev–Trinajstić information content (AvgIpc) is 2.77. The Kier molecular flexibility index (Phi) is 8.79. The van der Waals surface area contributed by atoms with E-state index in [1.54, 1.807) is 24.3 Å². The van der Waals surface area contributed by atoms with Crippen LogP contribution in [0.1, 0.15) is 29.8 Å². The fourth-order valence-electron chi connectivity index (χ4n) is 2.92. The molecule has 0 spiro atoms. The number of alkyl halides is 3. The minimum atomic E-state index is -5.14. The van der Waals surface area contributed by atoms with Gasteiger partial charge in [0.15, 0.2) is 12.4 Å². The number of ketones is 1. The molecule has 6 nitrogen and oxygen atoms in total. The van der Waals surface area contributed by atoms with Crippen LogP contribution in [0.15, 0.2) is 59.1 Å². The van der Waals surface area contributed by atoms with E-state index in [4.69, 9.17) is 9.47 Å². The lowest BCUT2D eigenvalue weighted by Crippen LogP contribution is -2.53. The van der Waals surface area contributed by atoms with Gasteiger partial charge in [-0.25, -0.2) is 4.79 Å². The van der Waals surface area contributed by atoms with Gasteiger partial charge >= 0.3 is 18.1 Å². The number of esters is 2. The molecule has 2 rings (SSSR count). The van der Waals surface area contributed by atoms with Crippen LogP contribution in [0.3, 0.4) is 0 Å². The Hall–Kier alpha value is -2.72. The Morgan fingerprint density at radius 2 is 1.55 bits per heavy atom. The maximum Gasteiger partial charge on any atom is 0.432 e. The van der Waals surface area contributed by atoms with Crippen LogP contribution >= 0.6 is 15.9 Å². The highest BCUT2D eigenvalue weighted by molar-refractivity contribution is 9.10. The van der Waals surface area contributed by atoms with Crippen LogP contribution < -0.4 is 0 Å². The molecule has 0 aliphatic rings. The minimum Gasteiger partial charge on any atom is -0.459 e. The van der Waals surface area contributed by atoms with Crippen molar-refractivity contribution in [1.29, 1.82) is 0 Å². The van der Waals surface area contributed by atoms with E-state index >= 15 is 0 Å². The summed E-state index contributed by atoms with van der Waals surface area (Å²) in [6, 6.07) is 12.7. The molecular formula is C23H22BrF3O6. The number of halogens is 4. The Bertz CT molecular complexity index is 978. The molecule has 33 heavy (non-hydrogen) atoms. The number of carbonyl (C=O) groups excluding carboxylic acids is 3. The van der Waals surface area contributed by atoms with Gasteiger partial charge < -0.3 is 14.2 Å². The second kappa shape index (κ2) is 10.9. The van der Waals surface area contributed by atoms with Crippen LogP contribution in [0.4, 0.5) is 13.2 Å². The van der Waals surface area contributed by atoms with Crippen molar-refractivity contribution in [1.82, 2.24) is 0 Å². The monoisotopic (exact) mass is 530 g/mol. The molecular weight excluding hydrogens is 509 g/mol. The van der Waals surface area contributed by atoms with E-state index in [9.17, 15) is 27.6 Å². The van der Waals surface area contributed by atoms with E-state index in [0.29, 0.717) is 5.56 Å². The van der Waals surface area contributed by atoms with Crippen LogP contribution in [-0.2, 0) is 29.4 Å². The number of carbonyl (C=O) groups is 3. The van der Waals surface area contributed by atoms with Gasteiger partial charge in [-0.2, -0.15) is 13.2 Å². The zero-order valence-corrected chi connectivity index (χ0v) is 19.6. The fraction of sp³-hybridized carbons (Fsp3) is 0.348. The second-order valence-electron chi connectivity index (χ2n) is 7.19. The van der Waals surface area contributed by atoms with Crippen LogP contribution in [0, 0.1) is 5.92 Å². The van der Waals surface area contributed by atoms with Crippen LogP contribution in [0.25, 0.3) is 0 Å². The summed E-state index contributed by atoms with van der Waals surface area (Å²) in [5, 5.41) is 0. The molecule has 0 saturated heterocycles. The predicted octanol–water partition coefficient (Wildman–Crippen LogP) is 4.85. The third-order valence-corrected chi connectivity index (χ3v) is 5.58. The van der Waals surface area contributed by atoms with Gasteiger partial charge in [0.2, 0.25) is 0 Å². The molecule has 0 fully saturated rings. The lowest BCUT2D eigenvalue weighted by atomic mass is 9.92. The average molecular weight is 531 g/mol. The van der Waals surface area contributed by atoms with E-state index in [0.717, 1.165) is 23.7 Å². The van der Waals surface area contributed by atoms with Crippen LogP contribution in [0.5, 0.6) is 0 Å². The topological polar surface area (TPSA) is 78.9 Å². The van der Waals surface area contributed by atoms with Crippen molar-refractivity contribution in [3.63, 3.8) is 0 Å². The van der Waals surface area contributed by atoms with Crippen molar-refractivity contribution < 1.29 is 41.8 Å². The summed E-state index contributed by atoms with van der Waals surface area (Å²) < 4.78 is 57.3. The first-order valence-corrected chi connectivity index (χ1v) is 10.6. The molecule has 10 heteroatoms. The number of benzene rings is 2. The van der Waals surface area contributed by atoms with Gasteiger partial charge in [-0.3, -0.25) is 9.59 Å². The van der Waals surface area contributed by atoms with Crippen molar-refractivity contribution >= 4 is 33.7 Å². The lowest BCUT2D eigenvalue weighted by Gasteiger charge is -2.33. The number of Topliss-reactive ketones (excluding diaryl/α,β-unsaturated/α-hetero) is 1. The third-order valence-electron chi connectivity index (χ3n) is 5.05. The molecule has 2 unspecified atom stereocenters. The van der Waals surface area contributed by atoms with Gasteiger partial charge in [0.25, 0.3) is 5.60 Å². The highest BCUT2D eigenvalue weighted by Crippen LogP contribution is 2.43. The molecule has 0 N–H and O–H groups in total. The molecule has 0 amide bonds. The molecule has 0 bridgehead atoms. The molecule has 0 saturated carbocycles. The van der Waals surface area contributed by atoms with Crippen molar-refractivity contribution in [2.24, 2.45) is 5.92 Å². The number of hydrogen-bond donors (Lipinski definition) is 0. The molecule has 0 aliphatic carbocycles. The predicted molar refractivity (Wildman–Crippen MR) is 115 cm³/mol. The normalized spacial score (nSPS) is 15.1. The maximum atomic E-state index is 14.0. The van der Waals surface area contributed by atoms with Crippen molar-refractivity contribution in [3.05, 3.63) is 70.2 Å². The van der Waals surface area contributed by atoms with Gasteiger partial charge in [0, 0.05) is 22.7 Å². The molecule has 0 radical (unpaired) electrons. The fourth-order valence-corrected chi connectivity index (χ4v) is 3.18. The maximum absolute atomic E-state index is 14.0. The summed E-state index contributed by atoms with van der Waals surface area (Å²) >= 11 is 3.24. The van der Waals surface area contributed by atoms with E-state index in [2.05, 4.69) is 20.7 Å². The SMILES string of the molecule is CO[C@](C(=O)OC(C)C(C)C(=O)OCC(=O)c1ccc(Br)cc1)(c1ccccc1)C(F)(F)F. The summed E-state index contributed by atoms with van der Waals surface area (Å²) in [7, 11) is 0.748. The van der Waals surface area contributed by atoms with Crippen LogP contribution in [-0.4, -0.2) is 43.7 Å². The summed E-state index contributed by atoms with van der Waals surface area (Å²) in [5.41, 5.74) is -3.52. The zero-order valence-electron chi connectivity index (χ0n) is 18.0. The Morgan fingerprint density at radius 1 is 0.970 bits per heavy atom. The van der Waals surface area contributed by atoms with Crippen LogP contribution in [0.2, 0.25) is 0 Å². The molecule has 0 aromatic heterocycles. The molecule has 0 aliphatic heterocycles. The molecule has 0 heterocycles. The number of hydrogen-bond acceptors (Lipinski definition) is 6. The molecule has 3 atom stereocenters. The standard InChI is InChI=1S/C23H22BrF3O6/c1-14(20(29)32-13-19(28)16-9-11-18(24)12-10-16)15(2)33-21(30)22(31-3,23(25,26)27)17-7-5-4-6-8-17/h4-12,14-15H,13H2,1-3H3/t14?,15?,22-/m0/s1. The van der Waals surface area contributed by atoms with Gasteiger partial charge in [0.05, 0.1) is 5.92 Å². The Morgan fingerprint density at radius 3 is 2.06 bits per heavy atom. The number of methoxy groups -OCH3 is 1. The van der Waals surface area contributed by atoms with Gasteiger partial charge in [-0.15, -0.1) is 0 Å². The van der Waals surface area contributed by atoms with Crippen molar-refractivity contribution in [2.45, 2.75) is 31.7 Å². The second-order valence-corrected chi connectivity index (χ2v) is 8.10. The number of rotatable bonds is 9. The highest BCUT2D eigenvalue weighted by Gasteiger charge is 2.64. The van der Waals surface area contributed by atoms with Gasteiger partial charge in [0.1, 0.15) is 6.10 Å². The molecule has 178 valence electrons. The smallest absolute Gasteiger partial charge is 0.432 e. The quantitative estimate of drug-likeness (QED) is 0.340. The summed E-state index contributed by atoms with van der Waals surface area (Å²) in [4.78, 5) is 37.1. The minimum absolute atomic E-state index is 0.316. The first-order chi connectivity index (χ1) is 15.4. The number of ether oxygens (including phenoxy) is 3. The highest BCUT2D eigenvalue weighted by atomic mass is 79.9. The Labute approximate surface area is 197 Å². The first kappa shape index (κ1) is 26.5. The van der Waals surface area contributed by atoms with E-state index in [1.807, 2.05) is 0 Å². The summed E-state index contributed by atoms with van der Waals surface area (Å²) in [6.45, 7) is 2.00. The lowest BCUT2D eigenvalue weighted by molar-refractivity contribution is -0.278. The molecule has 2 aromatic rings. The van der Waals surface area contributed by atoms with E-state index in [-0.39, 0.29) is 0 Å². The van der Waals surface area contributed by atoms with Gasteiger partial charge in [-0.1, -0.05) is 58.4 Å². The van der Waals surface area contributed by atoms with E-state index in [1.165, 1.54) is 32.0 Å². The molecule has 2 aromatic carbocycles. The van der Waals surface area contributed by atoms with Crippen molar-refractivity contribution in [2.75, 3.05) is 13.7 Å². The summed E-state index contributed by atoms with van der Waals surface area (Å²) in [5.74, 6) is -4.24. The first-order valence-electron chi connectivity index (χ1n) is 9.78.